The van der Waals surface area contributed by atoms with Gasteiger partial charge in [-0.15, -0.1) is 11.3 Å². The standard InChI is InChI=1S/C20H20N2O2S/c1-14-7-9-16(10-8-14)21-19(23)11-20-22-17(13-25-20)12-24-18-6-4-3-5-15(18)2/h3-10,13H,11-12H2,1-2H3,(H,21,23). The minimum absolute atomic E-state index is 0.0652. The van der Waals surface area contributed by atoms with E-state index < -0.39 is 0 Å². The smallest absolute Gasteiger partial charge is 0.231 e. The molecule has 0 saturated heterocycles. The van der Waals surface area contributed by atoms with Gasteiger partial charge in [0.1, 0.15) is 17.4 Å². The third-order valence-electron chi connectivity index (χ3n) is 3.72. The van der Waals surface area contributed by atoms with Gasteiger partial charge in [-0.2, -0.15) is 0 Å². The topological polar surface area (TPSA) is 51.2 Å². The number of amides is 1. The van der Waals surface area contributed by atoms with Crippen LogP contribution in [0, 0.1) is 13.8 Å². The molecule has 0 spiro atoms. The number of ether oxygens (including phenoxy) is 1. The highest BCUT2D eigenvalue weighted by molar-refractivity contribution is 7.09. The molecule has 25 heavy (non-hydrogen) atoms. The number of hydrogen-bond acceptors (Lipinski definition) is 4. The van der Waals surface area contributed by atoms with E-state index in [1.165, 1.54) is 11.3 Å². The lowest BCUT2D eigenvalue weighted by Gasteiger charge is -2.06. The molecule has 1 heterocycles. The van der Waals surface area contributed by atoms with Crippen molar-refractivity contribution < 1.29 is 9.53 Å². The van der Waals surface area contributed by atoms with E-state index in [0.29, 0.717) is 6.61 Å². The van der Waals surface area contributed by atoms with Gasteiger partial charge in [0.25, 0.3) is 0 Å². The average Bonchev–Trinajstić information content (AvgIpc) is 3.03. The molecule has 0 unspecified atom stereocenters. The van der Waals surface area contributed by atoms with Gasteiger partial charge in [-0.25, -0.2) is 4.98 Å². The Morgan fingerprint density at radius 1 is 1.12 bits per heavy atom. The first-order valence-corrected chi connectivity index (χ1v) is 8.96. The number of para-hydroxylation sites is 1. The van der Waals surface area contributed by atoms with Crippen molar-refractivity contribution in [3.8, 4) is 5.75 Å². The van der Waals surface area contributed by atoms with E-state index in [1.807, 2.05) is 67.8 Å². The molecule has 1 aromatic heterocycles. The molecule has 3 aromatic rings. The van der Waals surface area contributed by atoms with Crippen LogP contribution < -0.4 is 10.1 Å². The summed E-state index contributed by atoms with van der Waals surface area (Å²) >= 11 is 1.48. The Morgan fingerprint density at radius 3 is 2.64 bits per heavy atom. The second-order valence-corrected chi connectivity index (χ2v) is 6.82. The quantitative estimate of drug-likeness (QED) is 0.709. The molecule has 0 fully saturated rings. The van der Waals surface area contributed by atoms with Gasteiger partial charge in [0.05, 0.1) is 12.1 Å². The average molecular weight is 352 g/mol. The van der Waals surface area contributed by atoms with Crippen molar-refractivity contribution in [2.45, 2.75) is 26.9 Å². The largest absolute Gasteiger partial charge is 0.487 e. The maximum atomic E-state index is 12.1. The molecule has 0 aliphatic heterocycles. The number of aryl methyl sites for hydroxylation is 2. The number of carbonyl (C=O) groups excluding carboxylic acids is 1. The number of nitrogens with one attached hydrogen (secondary N) is 1. The first-order valence-electron chi connectivity index (χ1n) is 8.08. The molecule has 1 N–H and O–H groups in total. The molecule has 1 amide bonds. The van der Waals surface area contributed by atoms with Crippen LogP contribution in [0.15, 0.2) is 53.9 Å². The summed E-state index contributed by atoms with van der Waals surface area (Å²) in [6, 6.07) is 15.6. The van der Waals surface area contributed by atoms with Crippen molar-refractivity contribution in [3.63, 3.8) is 0 Å². The minimum atomic E-state index is -0.0652. The summed E-state index contributed by atoms with van der Waals surface area (Å²) in [6.07, 6.45) is 0.267. The Morgan fingerprint density at radius 2 is 1.88 bits per heavy atom. The Labute approximate surface area is 151 Å². The maximum Gasteiger partial charge on any atom is 0.231 e. The van der Waals surface area contributed by atoms with Gasteiger partial charge in [-0.3, -0.25) is 4.79 Å². The Hall–Kier alpha value is -2.66. The number of carbonyl (C=O) groups is 1. The minimum Gasteiger partial charge on any atom is -0.487 e. The normalized spacial score (nSPS) is 10.5. The molecular weight excluding hydrogens is 332 g/mol. The van der Waals surface area contributed by atoms with Crippen molar-refractivity contribution in [2.24, 2.45) is 0 Å². The lowest BCUT2D eigenvalue weighted by atomic mass is 10.2. The fourth-order valence-electron chi connectivity index (χ4n) is 2.35. The van der Waals surface area contributed by atoms with Crippen molar-refractivity contribution in [1.29, 1.82) is 0 Å². The van der Waals surface area contributed by atoms with Crippen molar-refractivity contribution in [1.82, 2.24) is 4.98 Å². The van der Waals surface area contributed by atoms with Gasteiger partial charge < -0.3 is 10.1 Å². The van der Waals surface area contributed by atoms with Crippen LogP contribution in [-0.2, 0) is 17.8 Å². The lowest BCUT2D eigenvalue weighted by Crippen LogP contribution is -2.14. The molecule has 0 atom stereocenters. The molecule has 4 nitrogen and oxygen atoms in total. The van der Waals surface area contributed by atoms with Crippen molar-refractivity contribution >= 4 is 22.9 Å². The summed E-state index contributed by atoms with van der Waals surface area (Å²) < 4.78 is 5.79. The van der Waals surface area contributed by atoms with E-state index in [0.717, 1.165) is 33.3 Å². The van der Waals surface area contributed by atoms with Gasteiger partial charge in [0.2, 0.25) is 5.91 Å². The summed E-state index contributed by atoms with van der Waals surface area (Å²) in [5, 5.41) is 5.61. The van der Waals surface area contributed by atoms with E-state index in [1.54, 1.807) is 0 Å². The summed E-state index contributed by atoms with van der Waals surface area (Å²) in [7, 11) is 0. The van der Waals surface area contributed by atoms with Gasteiger partial charge in [-0.05, 0) is 37.6 Å². The van der Waals surface area contributed by atoms with Crippen LogP contribution in [-0.4, -0.2) is 10.9 Å². The number of thiazole rings is 1. The molecule has 3 rings (SSSR count). The highest BCUT2D eigenvalue weighted by Crippen LogP contribution is 2.19. The van der Waals surface area contributed by atoms with Gasteiger partial charge in [0.15, 0.2) is 0 Å². The van der Waals surface area contributed by atoms with Gasteiger partial charge in [-0.1, -0.05) is 35.9 Å². The van der Waals surface area contributed by atoms with E-state index >= 15 is 0 Å². The molecule has 0 aliphatic rings. The number of anilines is 1. The molecule has 0 saturated carbocycles. The van der Waals surface area contributed by atoms with Crippen LogP contribution in [0.1, 0.15) is 21.8 Å². The predicted octanol–water partition coefficient (Wildman–Crippen LogP) is 4.52. The number of benzene rings is 2. The van der Waals surface area contributed by atoms with E-state index in [-0.39, 0.29) is 12.3 Å². The van der Waals surface area contributed by atoms with Crippen molar-refractivity contribution in [2.75, 3.05) is 5.32 Å². The zero-order valence-electron chi connectivity index (χ0n) is 14.3. The Kier molecular flexibility index (Phi) is 5.46. The van der Waals surface area contributed by atoms with Crippen LogP contribution in [0.4, 0.5) is 5.69 Å². The van der Waals surface area contributed by atoms with Crippen LogP contribution in [0.3, 0.4) is 0 Å². The van der Waals surface area contributed by atoms with Crippen LogP contribution in [0.25, 0.3) is 0 Å². The third-order valence-corrected chi connectivity index (χ3v) is 4.61. The maximum absolute atomic E-state index is 12.1. The monoisotopic (exact) mass is 352 g/mol. The summed E-state index contributed by atoms with van der Waals surface area (Å²) in [6.45, 7) is 4.43. The number of nitrogens with zero attached hydrogens (tertiary/aromatic N) is 1. The molecular formula is C20H20N2O2S. The van der Waals surface area contributed by atoms with E-state index in [9.17, 15) is 4.79 Å². The third kappa shape index (κ3) is 4.90. The van der Waals surface area contributed by atoms with Gasteiger partial charge in [0, 0.05) is 11.1 Å². The Bertz CT molecular complexity index is 856. The molecule has 2 aromatic carbocycles. The van der Waals surface area contributed by atoms with Crippen molar-refractivity contribution in [3.05, 3.63) is 75.7 Å². The number of rotatable bonds is 6. The first kappa shape index (κ1) is 17.2. The second-order valence-electron chi connectivity index (χ2n) is 5.88. The Balaban J connectivity index is 1.53. The fraction of sp³-hybridized carbons (Fsp3) is 0.200. The molecule has 0 radical (unpaired) electrons. The summed E-state index contributed by atoms with van der Waals surface area (Å²) in [4.78, 5) is 16.6. The highest BCUT2D eigenvalue weighted by Gasteiger charge is 2.09. The second kappa shape index (κ2) is 7.94. The van der Waals surface area contributed by atoms with E-state index in [2.05, 4.69) is 10.3 Å². The molecule has 5 heteroatoms. The highest BCUT2D eigenvalue weighted by atomic mass is 32.1. The molecule has 128 valence electrons. The van der Waals surface area contributed by atoms with Crippen LogP contribution in [0.2, 0.25) is 0 Å². The number of aromatic nitrogens is 1. The molecule has 0 aliphatic carbocycles. The fourth-order valence-corrected chi connectivity index (χ4v) is 3.12. The van der Waals surface area contributed by atoms with Crippen LogP contribution >= 0.6 is 11.3 Å². The van der Waals surface area contributed by atoms with Gasteiger partial charge >= 0.3 is 0 Å². The summed E-state index contributed by atoms with van der Waals surface area (Å²) in [5.74, 6) is 0.790. The van der Waals surface area contributed by atoms with E-state index in [4.69, 9.17) is 4.74 Å². The summed E-state index contributed by atoms with van der Waals surface area (Å²) in [5.41, 5.74) is 3.90. The lowest BCUT2D eigenvalue weighted by molar-refractivity contribution is -0.115. The zero-order chi connectivity index (χ0) is 17.6. The first-order chi connectivity index (χ1) is 12.1. The SMILES string of the molecule is Cc1ccc(NC(=O)Cc2nc(COc3ccccc3C)cs2)cc1. The zero-order valence-corrected chi connectivity index (χ0v) is 15.1. The predicted molar refractivity (Wildman–Crippen MR) is 101 cm³/mol. The van der Waals surface area contributed by atoms with Crippen LogP contribution in [0.5, 0.6) is 5.75 Å². The molecule has 0 bridgehead atoms. The number of hydrogen-bond donors (Lipinski definition) is 1.